The summed E-state index contributed by atoms with van der Waals surface area (Å²) < 4.78 is 22.3. The molecule has 0 fully saturated rings. The molecule has 0 unspecified atom stereocenters. The molecule has 2 rings (SSSR count). The summed E-state index contributed by atoms with van der Waals surface area (Å²) in [6, 6.07) is 13.2. The Kier molecular flexibility index (Phi) is 10.3. The van der Waals surface area contributed by atoms with Crippen molar-refractivity contribution in [2.45, 2.75) is 46.5 Å². The molecule has 0 amide bonds. The number of rotatable bonds is 13. The molecule has 0 aliphatic rings. The van der Waals surface area contributed by atoms with Crippen LogP contribution in [-0.2, 0) is 27.2 Å². The van der Waals surface area contributed by atoms with Crippen LogP contribution < -0.4 is 14.2 Å². The molecular formula is C26H32O7. The SMILES string of the molecule is CCCc1ccccc1OCCCOc1cccc(O/C(C(=O)OC)=C(/C)C(=O)O)c1CC. The minimum Gasteiger partial charge on any atom is -0.493 e. The molecular weight excluding hydrogens is 424 g/mol. The fourth-order valence-corrected chi connectivity index (χ4v) is 3.24. The lowest BCUT2D eigenvalue weighted by Gasteiger charge is -2.17. The number of carboxylic acid groups (broad SMARTS) is 1. The zero-order chi connectivity index (χ0) is 24.2. The largest absolute Gasteiger partial charge is 0.493 e. The molecule has 178 valence electrons. The fraction of sp³-hybridized carbons (Fsp3) is 0.385. The maximum absolute atomic E-state index is 12.1. The lowest BCUT2D eigenvalue weighted by Crippen LogP contribution is -2.17. The van der Waals surface area contributed by atoms with Gasteiger partial charge in [-0.2, -0.15) is 0 Å². The zero-order valence-corrected chi connectivity index (χ0v) is 19.7. The Balaban J connectivity index is 2.05. The van der Waals surface area contributed by atoms with E-state index in [0.717, 1.165) is 24.2 Å². The van der Waals surface area contributed by atoms with Crippen LogP contribution >= 0.6 is 0 Å². The molecule has 0 heterocycles. The maximum Gasteiger partial charge on any atom is 0.374 e. The average Bonchev–Trinajstić information content (AvgIpc) is 2.82. The molecule has 0 saturated heterocycles. The number of hydrogen-bond acceptors (Lipinski definition) is 6. The van der Waals surface area contributed by atoms with Crippen LogP contribution in [0.4, 0.5) is 0 Å². The predicted octanol–water partition coefficient (Wildman–Crippen LogP) is 4.96. The normalized spacial score (nSPS) is 11.4. The number of hydrogen-bond donors (Lipinski definition) is 1. The summed E-state index contributed by atoms with van der Waals surface area (Å²) in [4.78, 5) is 23.4. The number of esters is 1. The van der Waals surface area contributed by atoms with Gasteiger partial charge in [0.2, 0.25) is 5.76 Å². The van der Waals surface area contributed by atoms with Crippen LogP contribution in [0.25, 0.3) is 0 Å². The molecule has 33 heavy (non-hydrogen) atoms. The van der Waals surface area contributed by atoms with Crippen molar-refractivity contribution in [3.63, 3.8) is 0 Å². The lowest BCUT2D eigenvalue weighted by atomic mass is 10.1. The van der Waals surface area contributed by atoms with E-state index in [1.165, 1.54) is 19.6 Å². The predicted molar refractivity (Wildman–Crippen MR) is 125 cm³/mol. The van der Waals surface area contributed by atoms with Crippen molar-refractivity contribution < 1.29 is 33.6 Å². The second kappa shape index (κ2) is 13.2. The van der Waals surface area contributed by atoms with Gasteiger partial charge in [-0.05, 0) is 43.5 Å². The third-order valence-corrected chi connectivity index (χ3v) is 4.98. The van der Waals surface area contributed by atoms with E-state index >= 15 is 0 Å². The Bertz CT molecular complexity index is 978. The molecule has 0 atom stereocenters. The van der Waals surface area contributed by atoms with Gasteiger partial charge in [0, 0.05) is 12.0 Å². The number of para-hydroxylation sites is 1. The van der Waals surface area contributed by atoms with E-state index in [0.29, 0.717) is 37.6 Å². The molecule has 2 aromatic carbocycles. The smallest absolute Gasteiger partial charge is 0.374 e. The highest BCUT2D eigenvalue weighted by Gasteiger charge is 2.22. The first-order chi connectivity index (χ1) is 15.9. The van der Waals surface area contributed by atoms with E-state index in [1.807, 2.05) is 31.2 Å². The quantitative estimate of drug-likeness (QED) is 0.197. The second-order valence-corrected chi connectivity index (χ2v) is 7.35. The van der Waals surface area contributed by atoms with E-state index in [1.54, 1.807) is 12.1 Å². The third-order valence-electron chi connectivity index (χ3n) is 4.98. The minimum atomic E-state index is -1.26. The molecule has 1 N–H and O–H groups in total. The first kappa shape index (κ1) is 25.8. The van der Waals surface area contributed by atoms with E-state index < -0.39 is 11.9 Å². The molecule has 0 radical (unpaired) electrons. The number of carbonyl (C=O) groups is 2. The second-order valence-electron chi connectivity index (χ2n) is 7.35. The van der Waals surface area contributed by atoms with Gasteiger partial charge in [-0.15, -0.1) is 0 Å². The van der Waals surface area contributed by atoms with Crippen LogP contribution in [-0.4, -0.2) is 37.4 Å². The van der Waals surface area contributed by atoms with Crippen molar-refractivity contribution in [3.05, 3.63) is 64.9 Å². The van der Waals surface area contributed by atoms with E-state index in [9.17, 15) is 14.7 Å². The van der Waals surface area contributed by atoms with Crippen molar-refractivity contribution in [1.29, 1.82) is 0 Å². The van der Waals surface area contributed by atoms with Gasteiger partial charge in [0.25, 0.3) is 0 Å². The summed E-state index contributed by atoms with van der Waals surface area (Å²) in [7, 11) is 1.17. The monoisotopic (exact) mass is 456 g/mol. The minimum absolute atomic E-state index is 0.240. The standard InChI is InChI=1S/C26H32O7/c1-5-11-19-12-7-8-13-21(19)31-16-10-17-32-22-14-9-15-23(20(22)6-2)33-24(26(29)30-4)18(3)25(27)28/h7-9,12-15H,5-6,10-11,16-17H2,1-4H3,(H,27,28)/b24-18-. The summed E-state index contributed by atoms with van der Waals surface area (Å²) in [5.41, 5.74) is 1.69. The van der Waals surface area contributed by atoms with Gasteiger partial charge in [0.1, 0.15) is 17.2 Å². The van der Waals surface area contributed by atoms with Crippen molar-refractivity contribution in [1.82, 2.24) is 0 Å². The van der Waals surface area contributed by atoms with Crippen LogP contribution in [0.2, 0.25) is 0 Å². The van der Waals surface area contributed by atoms with Gasteiger partial charge in [-0.25, -0.2) is 9.59 Å². The van der Waals surface area contributed by atoms with Crippen molar-refractivity contribution in [3.8, 4) is 17.2 Å². The Morgan fingerprint density at radius 2 is 1.55 bits per heavy atom. The van der Waals surface area contributed by atoms with Crippen LogP contribution in [0.15, 0.2) is 53.8 Å². The van der Waals surface area contributed by atoms with Gasteiger partial charge in [-0.3, -0.25) is 0 Å². The van der Waals surface area contributed by atoms with E-state index in [2.05, 4.69) is 17.7 Å². The molecule has 0 spiro atoms. The van der Waals surface area contributed by atoms with Crippen LogP contribution in [0.3, 0.4) is 0 Å². The topological polar surface area (TPSA) is 91.3 Å². The molecule has 7 heteroatoms. The number of benzene rings is 2. The number of carboxylic acids is 1. The summed E-state index contributed by atoms with van der Waals surface area (Å²) >= 11 is 0. The zero-order valence-electron chi connectivity index (χ0n) is 19.7. The fourth-order valence-electron chi connectivity index (χ4n) is 3.24. The van der Waals surface area contributed by atoms with Crippen LogP contribution in [0.5, 0.6) is 17.2 Å². The highest BCUT2D eigenvalue weighted by Crippen LogP contribution is 2.31. The summed E-state index contributed by atoms with van der Waals surface area (Å²) in [6.07, 6.45) is 3.27. The lowest BCUT2D eigenvalue weighted by molar-refractivity contribution is -0.140. The number of carbonyl (C=O) groups excluding carboxylic acids is 1. The molecule has 0 aliphatic carbocycles. The number of aliphatic carboxylic acids is 1. The van der Waals surface area contributed by atoms with Crippen LogP contribution in [0, 0.1) is 0 Å². The summed E-state index contributed by atoms with van der Waals surface area (Å²) in [5, 5.41) is 9.27. The average molecular weight is 457 g/mol. The Morgan fingerprint density at radius 1 is 0.909 bits per heavy atom. The van der Waals surface area contributed by atoms with Gasteiger partial charge >= 0.3 is 11.9 Å². The van der Waals surface area contributed by atoms with E-state index in [-0.39, 0.29) is 11.3 Å². The van der Waals surface area contributed by atoms with Gasteiger partial charge in [-0.1, -0.05) is 44.5 Å². The molecule has 0 bridgehead atoms. The van der Waals surface area contributed by atoms with Gasteiger partial charge in [0.15, 0.2) is 0 Å². The molecule has 0 saturated carbocycles. The molecule has 7 nitrogen and oxygen atoms in total. The Labute approximate surface area is 194 Å². The molecule has 0 aromatic heterocycles. The maximum atomic E-state index is 12.1. The van der Waals surface area contributed by atoms with E-state index in [4.69, 9.17) is 14.2 Å². The molecule has 2 aromatic rings. The highest BCUT2D eigenvalue weighted by atomic mass is 16.6. The molecule has 0 aliphatic heterocycles. The third kappa shape index (κ3) is 7.27. The Hall–Kier alpha value is -3.48. The van der Waals surface area contributed by atoms with Crippen LogP contribution in [0.1, 0.15) is 44.7 Å². The first-order valence-electron chi connectivity index (χ1n) is 11.1. The number of ether oxygens (including phenoxy) is 4. The highest BCUT2D eigenvalue weighted by molar-refractivity contribution is 5.98. The van der Waals surface area contributed by atoms with Crippen molar-refractivity contribution >= 4 is 11.9 Å². The first-order valence-corrected chi connectivity index (χ1v) is 11.1. The number of methoxy groups -OCH3 is 1. The summed E-state index contributed by atoms with van der Waals surface area (Å²) in [6.45, 7) is 6.31. The summed E-state index contributed by atoms with van der Waals surface area (Å²) in [5.74, 6) is -0.625. The van der Waals surface area contributed by atoms with Crippen molar-refractivity contribution in [2.24, 2.45) is 0 Å². The Morgan fingerprint density at radius 3 is 2.18 bits per heavy atom. The van der Waals surface area contributed by atoms with Gasteiger partial charge < -0.3 is 24.1 Å². The number of aryl methyl sites for hydroxylation is 1. The van der Waals surface area contributed by atoms with Gasteiger partial charge in [0.05, 0.1) is 25.9 Å². The van der Waals surface area contributed by atoms with Crippen molar-refractivity contribution in [2.75, 3.05) is 20.3 Å².